The topological polar surface area (TPSA) is 66.4 Å². The van der Waals surface area contributed by atoms with Gasteiger partial charge in [-0.1, -0.05) is 18.9 Å². The van der Waals surface area contributed by atoms with Crippen LogP contribution in [0.15, 0.2) is 22.7 Å². The van der Waals surface area contributed by atoms with Gasteiger partial charge in [0, 0.05) is 4.47 Å². The molecular formula is C16H20BrNO3. The first-order chi connectivity index (χ1) is 9.83. The predicted molar refractivity (Wildman–Crippen MR) is 84.3 cm³/mol. The van der Waals surface area contributed by atoms with Crippen LogP contribution in [0.2, 0.25) is 0 Å². The number of carboxylic acids is 1. The molecule has 1 aromatic rings. The van der Waals surface area contributed by atoms with Crippen molar-refractivity contribution in [3.63, 3.8) is 0 Å². The monoisotopic (exact) mass is 353 g/mol. The third-order valence-corrected chi connectivity index (χ3v) is 4.93. The van der Waals surface area contributed by atoms with E-state index >= 15 is 0 Å². The average molecular weight is 354 g/mol. The van der Waals surface area contributed by atoms with Gasteiger partial charge in [-0.05, 0) is 60.3 Å². The number of carbonyl (C=O) groups excluding carboxylic acids is 1. The van der Waals surface area contributed by atoms with E-state index in [1.807, 2.05) is 26.0 Å². The molecule has 1 saturated carbocycles. The fourth-order valence-corrected chi connectivity index (χ4v) is 3.68. The van der Waals surface area contributed by atoms with Gasteiger partial charge < -0.3 is 10.4 Å². The van der Waals surface area contributed by atoms with E-state index in [4.69, 9.17) is 0 Å². The van der Waals surface area contributed by atoms with Crippen LogP contribution in [0.1, 0.15) is 48.5 Å². The lowest BCUT2D eigenvalue weighted by atomic mass is 9.73. The molecule has 1 amide bonds. The van der Waals surface area contributed by atoms with E-state index in [2.05, 4.69) is 21.2 Å². The van der Waals surface area contributed by atoms with E-state index in [1.54, 1.807) is 6.07 Å². The maximum atomic E-state index is 12.5. The Morgan fingerprint density at radius 3 is 2.71 bits per heavy atom. The van der Waals surface area contributed by atoms with Gasteiger partial charge in [0.05, 0.1) is 17.0 Å². The van der Waals surface area contributed by atoms with Crippen LogP contribution >= 0.6 is 15.9 Å². The van der Waals surface area contributed by atoms with E-state index in [0.29, 0.717) is 18.4 Å². The summed E-state index contributed by atoms with van der Waals surface area (Å²) in [7, 11) is 0. The van der Waals surface area contributed by atoms with Crippen molar-refractivity contribution in [2.24, 2.45) is 5.92 Å². The molecule has 21 heavy (non-hydrogen) atoms. The van der Waals surface area contributed by atoms with Crippen molar-refractivity contribution in [3.8, 4) is 0 Å². The van der Waals surface area contributed by atoms with Gasteiger partial charge in [-0.2, -0.15) is 0 Å². The number of aliphatic carboxylic acids is 1. The zero-order valence-electron chi connectivity index (χ0n) is 12.3. The second-order valence-electron chi connectivity index (χ2n) is 5.99. The Kier molecular flexibility index (Phi) is 4.71. The summed E-state index contributed by atoms with van der Waals surface area (Å²) < 4.78 is 0.728. The number of carboxylic acid groups (broad SMARTS) is 1. The Hall–Kier alpha value is -1.36. The standard InChI is InChI=1S/C16H20BrNO3/c1-10-6-7-11(13(17)9-10)14(19)18-16(2)8-4-3-5-12(16)15(20)21/h6-7,9,12H,3-5,8H2,1-2H3,(H,18,19)(H,20,21). The van der Waals surface area contributed by atoms with Crippen LogP contribution in [0.5, 0.6) is 0 Å². The largest absolute Gasteiger partial charge is 0.481 e. The van der Waals surface area contributed by atoms with Crippen molar-refractivity contribution >= 4 is 27.8 Å². The molecule has 0 aliphatic heterocycles. The molecule has 1 aliphatic rings. The third kappa shape index (κ3) is 3.46. The molecule has 0 bridgehead atoms. The zero-order chi connectivity index (χ0) is 15.6. The lowest BCUT2D eigenvalue weighted by Crippen LogP contribution is -2.55. The first-order valence-corrected chi connectivity index (χ1v) is 7.94. The number of hydrogen-bond donors (Lipinski definition) is 2. The first kappa shape index (κ1) is 16.0. The minimum Gasteiger partial charge on any atom is -0.481 e. The minimum absolute atomic E-state index is 0.225. The Morgan fingerprint density at radius 2 is 2.10 bits per heavy atom. The summed E-state index contributed by atoms with van der Waals surface area (Å²) in [5.41, 5.74) is 0.910. The molecule has 0 saturated heterocycles. The maximum Gasteiger partial charge on any atom is 0.308 e. The molecule has 1 aliphatic carbocycles. The van der Waals surface area contributed by atoms with Crippen molar-refractivity contribution < 1.29 is 14.7 Å². The lowest BCUT2D eigenvalue weighted by Gasteiger charge is -2.39. The highest BCUT2D eigenvalue weighted by Gasteiger charge is 2.42. The molecule has 1 aromatic carbocycles. The van der Waals surface area contributed by atoms with Crippen LogP contribution in [0, 0.1) is 12.8 Å². The zero-order valence-corrected chi connectivity index (χ0v) is 13.9. The summed E-state index contributed by atoms with van der Waals surface area (Å²) in [4.78, 5) is 23.9. The summed E-state index contributed by atoms with van der Waals surface area (Å²) in [5, 5.41) is 12.3. The molecule has 1 fully saturated rings. The smallest absolute Gasteiger partial charge is 0.308 e. The van der Waals surface area contributed by atoms with Crippen molar-refractivity contribution in [3.05, 3.63) is 33.8 Å². The summed E-state index contributed by atoms with van der Waals surface area (Å²) in [6, 6.07) is 5.51. The molecule has 2 unspecified atom stereocenters. The SMILES string of the molecule is Cc1ccc(C(=O)NC2(C)CCCCC2C(=O)O)c(Br)c1. The number of halogens is 1. The van der Waals surface area contributed by atoms with Crippen LogP contribution < -0.4 is 5.32 Å². The van der Waals surface area contributed by atoms with Gasteiger partial charge in [-0.25, -0.2) is 0 Å². The van der Waals surface area contributed by atoms with Gasteiger partial charge in [0.1, 0.15) is 0 Å². The van der Waals surface area contributed by atoms with Crippen molar-refractivity contribution in [1.29, 1.82) is 0 Å². The Balaban J connectivity index is 2.22. The number of aryl methyl sites for hydroxylation is 1. The molecule has 114 valence electrons. The van der Waals surface area contributed by atoms with Crippen molar-refractivity contribution in [2.75, 3.05) is 0 Å². The van der Waals surface area contributed by atoms with Crippen LogP contribution in [-0.2, 0) is 4.79 Å². The summed E-state index contributed by atoms with van der Waals surface area (Å²) >= 11 is 3.40. The number of hydrogen-bond acceptors (Lipinski definition) is 2. The molecular weight excluding hydrogens is 334 g/mol. The van der Waals surface area contributed by atoms with Crippen molar-refractivity contribution in [2.45, 2.75) is 45.1 Å². The van der Waals surface area contributed by atoms with E-state index in [1.165, 1.54) is 0 Å². The third-order valence-electron chi connectivity index (χ3n) is 4.27. The summed E-state index contributed by atoms with van der Waals surface area (Å²) in [6.45, 7) is 3.79. The first-order valence-electron chi connectivity index (χ1n) is 7.15. The molecule has 0 radical (unpaired) electrons. The fourth-order valence-electron chi connectivity index (χ4n) is 3.01. The van der Waals surface area contributed by atoms with Crippen LogP contribution in [0.25, 0.3) is 0 Å². The lowest BCUT2D eigenvalue weighted by molar-refractivity contribution is -0.145. The number of carbonyl (C=O) groups is 2. The van der Waals surface area contributed by atoms with Crippen LogP contribution in [0.4, 0.5) is 0 Å². The normalized spacial score (nSPS) is 25.4. The van der Waals surface area contributed by atoms with E-state index in [0.717, 1.165) is 22.9 Å². The molecule has 4 nitrogen and oxygen atoms in total. The van der Waals surface area contributed by atoms with Gasteiger partial charge in [0.2, 0.25) is 0 Å². The van der Waals surface area contributed by atoms with Gasteiger partial charge in [0.25, 0.3) is 5.91 Å². The average Bonchev–Trinajstić information content (AvgIpc) is 2.37. The Labute approximate surface area is 133 Å². The van der Waals surface area contributed by atoms with Gasteiger partial charge in [-0.3, -0.25) is 9.59 Å². The number of rotatable bonds is 3. The quantitative estimate of drug-likeness (QED) is 0.873. The highest BCUT2D eigenvalue weighted by atomic mass is 79.9. The Morgan fingerprint density at radius 1 is 1.38 bits per heavy atom. The van der Waals surface area contributed by atoms with E-state index < -0.39 is 17.4 Å². The van der Waals surface area contributed by atoms with Crippen LogP contribution in [0.3, 0.4) is 0 Å². The molecule has 2 N–H and O–H groups in total. The van der Waals surface area contributed by atoms with E-state index in [9.17, 15) is 14.7 Å². The van der Waals surface area contributed by atoms with Crippen LogP contribution in [-0.4, -0.2) is 22.5 Å². The number of benzene rings is 1. The highest BCUT2D eigenvalue weighted by Crippen LogP contribution is 2.34. The Bertz CT molecular complexity index is 573. The minimum atomic E-state index is -0.833. The van der Waals surface area contributed by atoms with E-state index in [-0.39, 0.29) is 5.91 Å². The molecule has 0 aromatic heterocycles. The second-order valence-corrected chi connectivity index (χ2v) is 6.85. The highest BCUT2D eigenvalue weighted by molar-refractivity contribution is 9.10. The summed E-state index contributed by atoms with van der Waals surface area (Å²) in [6.07, 6.45) is 3.15. The van der Waals surface area contributed by atoms with Gasteiger partial charge in [0.15, 0.2) is 0 Å². The second kappa shape index (κ2) is 6.18. The van der Waals surface area contributed by atoms with Gasteiger partial charge >= 0.3 is 5.97 Å². The number of nitrogens with one attached hydrogen (secondary N) is 1. The molecule has 0 spiro atoms. The number of amides is 1. The maximum absolute atomic E-state index is 12.5. The fraction of sp³-hybridized carbons (Fsp3) is 0.500. The molecule has 0 heterocycles. The summed E-state index contributed by atoms with van der Waals surface area (Å²) in [5.74, 6) is -1.59. The molecule has 2 rings (SSSR count). The molecule has 2 atom stereocenters. The predicted octanol–water partition coefficient (Wildman–Crippen LogP) is 3.52. The van der Waals surface area contributed by atoms with Crippen molar-refractivity contribution in [1.82, 2.24) is 5.32 Å². The molecule has 5 heteroatoms. The van der Waals surface area contributed by atoms with Gasteiger partial charge in [-0.15, -0.1) is 0 Å².